The highest BCUT2D eigenvalue weighted by atomic mass is 16.5. The molecule has 31 heavy (non-hydrogen) atoms. The van der Waals surface area contributed by atoms with Gasteiger partial charge in [0.2, 0.25) is 0 Å². The topological polar surface area (TPSA) is 59.3 Å². The number of anilines is 1. The molecule has 2 heterocycles. The van der Waals surface area contributed by atoms with Gasteiger partial charge in [0.15, 0.2) is 5.82 Å². The fourth-order valence-corrected chi connectivity index (χ4v) is 4.36. The molecule has 164 valence electrons. The summed E-state index contributed by atoms with van der Waals surface area (Å²) in [5.74, 6) is 1.74. The van der Waals surface area contributed by atoms with Crippen LogP contribution in [-0.4, -0.2) is 58.4 Å². The van der Waals surface area contributed by atoms with Crippen molar-refractivity contribution in [2.24, 2.45) is 0 Å². The van der Waals surface area contributed by atoms with Crippen molar-refractivity contribution in [1.29, 1.82) is 0 Å². The number of ether oxygens (including phenoxy) is 1. The molecule has 0 amide bonds. The first-order chi connectivity index (χ1) is 15.0. The molecule has 1 atom stereocenters. The van der Waals surface area contributed by atoms with Gasteiger partial charge in [-0.25, -0.2) is 4.68 Å². The van der Waals surface area contributed by atoms with Crippen LogP contribution < -0.4 is 9.64 Å². The second-order valence-electron chi connectivity index (χ2n) is 8.49. The Morgan fingerprint density at radius 3 is 2.29 bits per heavy atom. The first-order valence-corrected chi connectivity index (χ1v) is 11.0. The second kappa shape index (κ2) is 9.06. The summed E-state index contributed by atoms with van der Waals surface area (Å²) in [5, 5.41) is 12.7. The Morgan fingerprint density at radius 1 is 0.935 bits per heavy atom. The Bertz CT molecular complexity index is 1010. The Hall–Kier alpha value is -2.93. The average Bonchev–Trinajstić information content (AvgIpc) is 3.27. The van der Waals surface area contributed by atoms with Gasteiger partial charge in [0.05, 0.1) is 19.2 Å². The lowest BCUT2D eigenvalue weighted by Gasteiger charge is -2.40. The van der Waals surface area contributed by atoms with Gasteiger partial charge in [-0.1, -0.05) is 24.3 Å². The molecule has 0 unspecified atom stereocenters. The van der Waals surface area contributed by atoms with E-state index in [-0.39, 0.29) is 12.1 Å². The Morgan fingerprint density at radius 2 is 1.65 bits per heavy atom. The van der Waals surface area contributed by atoms with Crippen molar-refractivity contribution < 1.29 is 4.74 Å². The normalized spacial score (nSPS) is 16.0. The molecule has 0 spiro atoms. The van der Waals surface area contributed by atoms with Crippen molar-refractivity contribution in [3.05, 3.63) is 65.0 Å². The molecule has 2 aromatic carbocycles. The minimum absolute atomic E-state index is 0.00376. The van der Waals surface area contributed by atoms with Crippen LogP contribution in [-0.2, 0) is 0 Å². The average molecular weight is 421 g/mol. The smallest absolute Gasteiger partial charge is 0.173 e. The van der Waals surface area contributed by atoms with Gasteiger partial charge < -0.3 is 9.64 Å². The predicted octanol–water partition coefficient (Wildman–Crippen LogP) is 3.79. The number of hydrogen-bond acceptors (Lipinski definition) is 6. The maximum atomic E-state index is 5.37. The summed E-state index contributed by atoms with van der Waals surface area (Å²) in [6, 6.07) is 15.0. The number of benzene rings is 2. The van der Waals surface area contributed by atoms with Gasteiger partial charge in [0.25, 0.3) is 0 Å². The van der Waals surface area contributed by atoms with Crippen molar-refractivity contribution in [1.82, 2.24) is 25.1 Å². The molecular formula is C24H32N6O. The zero-order chi connectivity index (χ0) is 22.0. The van der Waals surface area contributed by atoms with Crippen molar-refractivity contribution in [2.45, 2.75) is 39.8 Å². The first-order valence-electron chi connectivity index (χ1n) is 11.0. The molecule has 3 aromatic rings. The lowest BCUT2D eigenvalue weighted by atomic mass is 10.0. The van der Waals surface area contributed by atoms with Crippen molar-refractivity contribution in [3.63, 3.8) is 0 Å². The highest BCUT2D eigenvalue weighted by Gasteiger charge is 2.31. The van der Waals surface area contributed by atoms with E-state index >= 15 is 0 Å². The van der Waals surface area contributed by atoms with E-state index in [9.17, 15) is 0 Å². The van der Waals surface area contributed by atoms with Crippen LogP contribution in [0.25, 0.3) is 0 Å². The third-order valence-corrected chi connectivity index (χ3v) is 6.28. The largest absolute Gasteiger partial charge is 0.497 e. The molecule has 1 aromatic heterocycles. The van der Waals surface area contributed by atoms with Gasteiger partial charge in [0.1, 0.15) is 5.75 Å². The number of piperazine rings is 1. The zero-order valence-corrected chi connectivity index (χ0v) is 19.1. The van der Waals surface area contributed by atoms with Gasteiger partial charge >= 0.3 is 0 Å². The maximum Gasteiger partial charge on any atom is 0.173 e. The van der Waals surface area contributed by atoms with Crippen molar-refractivity contribution in [3.8, 4) is 5.75 Å². The summed E-state index contributed by atoms with van der Waals surface area (Å²) in [6.45, 7) is 12.5. The van der Waals surface area contributed by atoms with Gasteiger partial charge in [-0.3, -0.25) is 4.90 Å². The van der Waals surface area contributed by atoms with E-state index in [0.717, 1.165) is 37.8 Å². The van der Waals surface area contributed by atoms with E-state index in [2.05, 4.69) is 83.4 Å². The minimum atomic E-state index is 0.00376. The number of nitrogens with zero attached hydrogens (tertiary/aromatic N) is 6. The van der Waals surface area contributed by atoms with E-state index in [1.165, 1.54) is 22.4 Å². The summed E-state index contributed by atoms with van der Waals surface area (Å²) >= 11 is 0. The van der Waals surface area contributed by atoms with E-state index in [0.29, 0.717) is 0 Å². The summed E-state index contributed by atoms with van der Waals surface area (Å²) in [7, 11) is 1.69. The molecule has 4 rings (SSSR count). The molecular weight excluding hydrogens is 388 g/mol. The first kappa shape index (κ1) is 21.3. The Labute approximate surface area is 184 Å². The molecule has 1 saturated heterocycles. The summed E-state index contributed by atoms with van der Waals surface area (Å²) in [6.07, 6.45) is 0. The highest BCUT2D eigenvalue weighted by molar-refractivity contribution is 5.56. The number of tetrazole rings is 1. The molecule has 1 aliphatic rings. The zero-order valence-electron chi connectivity index (χ0n) is 19.1. The fraction of sp³-hybridized carbons (Fsp3) is 0.458. The van der Waals surface area contributed by atoms with Crippen LogP contribution in [0.4, 0.5) is 5.69 Å². The molecule has 1 aliphatic heterocycles. The Balaban J connectivity index is 1.62. The van der Waals surface area contributed by atoms with Crippen molar-refractivity contribution in [2.75, 3.05) is 38.2 Å². The lowest BCUT2D eigenvalue weighted by Crippen LogP contribution is -2.48. The lowest BCUT2D eigenvalue weighted by molar-refractivity contribution is 0.199. The van der Waals surface area contributed by atoms with Gasteiger partial charge in [0, 0.05) is 31.9 Å². The van der Waals surface area contributed by atoms with Gasteiger partial charge in [-0.2, -0.15) is 0 Å². The number of rotatable bonds is 6. The van der Waals surface area contributed by atoms with Crippen LogP contribution in [0.3, 0.4) is 0 Å². The van der Waals surface area contributed by atoms with Crippen LogP contribution in [0.15, 0.2) is 42.5 Å². The van der Waals surface area contributed by atoms with E-state index < -0.39 is 0 Å². The number of aromatic nitrogens is 4. The minimum Gasteiger partial charge on any atom is -0.497 e. The van der Waals surface area contributed by atoms with Crippen LogP contribution >= 0.6 is 0 Å². The molecule has 7 heteroatoms. The Kier molecular flexibility index (Phi) is 6.23. The SMILES string of the molecule is COc1ccc([C@@H](c2nnnn2C(C)C)N2CCN(c3cccc(C)c3C)CC2)cc1. The van der Waals surface area contributed by atoms with E-state index in [1.54, 1.807) is 7.11 Å². The molecule has 0 radical (unpaired) electrons. The van der Waals surface area contributed by atoms with Crippen molar-refractivity contribution >= 4 is 5.69 Å². The molecule has 7 nitrogen and oxygen atoms in total. The summed E-state index contributed by atoms with van der Waals surface area (Å²) in [5.41, 5.74) is 5.23. The standard InChI is InChI=1S/C24H32N6O/c1-17(2)30-24(25-26-27-30)23(20-9-11-21(31-5)12-10-20)29-15-13-28(14-16-29)22-8-6-7-18(3)19(22)4/h6-12,17,23H,13-16H2,1-5H3/t23-/m0/s1. The second-order valence-corrected chi connectivity index (χ2v) is 8.49. The summed E-state index contributed by atoms with van der Waals surface area (Å²) < 4.78 is 7.30. The van der Waals surface area contributed by atoms with Gasteiger partial charge in [-0.15, -0.1) is 5.10 Å². The fourth-order valence-electron chi connectivity index (χ4n) is 4.36. The molecule has 0 bridgehead atoms. The third-order valence-electron chi connectivity index (χ3n) is 6.28. The van der Waals surface area contributed by atoms with Crippen LogP contribution in [0, 0.1) is 13.8 Å². The molecule has 1 fully saturated rings. The number of aryl methyl sites for hydroxylation is 1. The van der Waals surface area contributed by atoms with E-state index in [1.807, 2.05) is 16.8 Å². The number of methoxy groups -OCH3 is 1. The molecule has 0 N–H and O–H groups in total. The van der Waals surface area contributed by atoms with Crippen LogP contribution in [0.2, 0.25) is 0 Å². The molecule has 0 aliphatic carbocycles. The predicted molar refractivity (Wildman–Crippen MR) is 123 cm³/mol. The quantitative estimate of drug-likeness (QED) is 0.605. The monoisotopic (exact) mass is 420 g/mol. The third kappa shape index (κ3) is 4.28. The number of hydrogen-bond donors (Lipinski definition) is 0. The maximum absolute atomic E-state index is 5.37. The summed E-state index contributed by atoms with van der Waals surface area (Å²) in [4.78, 5) is 4.99. The highest BCUT2D eigenvalue weighted by Crippen LogP contribution is 2.32. The van der Waals surface area contributed by atoms with Crippen LogP contribution in [0.1, 0.15) is 48.4 Å². The van der Waals surface area contributed by atoms with Gasteiger partial charge in [-0.05, 0) is 73.0 Å². The molecule has 0 saturated carbocycles. The van der Waals surface area contributed by atoms with Crippen LogP contribution in [0.5, 0.6) is 5.75 Å². The van der Waals surface area contributed by atoms with E-state index in [4.69, 9.17) is 4.74 Å².